The number of fused-ring (bicyclic) bond motifs is 2. The highest BCUT2D eigenvalue weighted by Crippen LogP contribution is 2.31. The molecule has 5 nitrogen and oxygen atoms in total. The molecule has 0 saturated carbocycles. The first-order valence-corrected chi connectivity index (χ1v) is 8.06. The van der Waals surface area contributed by atoms with Crippen LogP contribution in [0.2, 0.25) is 0 Å². The highest BCUT2D eigenvalue weighted by molar-refractivity contribution is 6.41. The van der Waals surface area contributed by atoms with Crippen LogP contribution in [0.4, 0.5) is 0 Å². The molecule has 0 aliphatic heterocycles. The van der Waals surface area contributed by atoms with Crippen molar-refractivity contribution in [3.8, 4) is 11.3 Å². The van der Waals surface area contributed by atoms with E-state index in [2.05, 4.69) is 4.98 Å². The first kappa shape index (κ1) is 14.6. The lowest BCUT2D eigenvalue weighted by molar-refractivity contribution is 0.0990. The Labute approximate surface area is 147 Å². The monoisotopic (exact) mass is 341 g/mol. The van der Waals surface area contributed by atoms with Crippen molar-refractivity contribution in [3.05, 3.63) is 83.3 Å². The summed E-state index contributed by atoms with van der Waals surface area (Å²) in [6, 6.07) is 18.1. The molecule has 2 heterocycles. The quantitative estimate of drug-likeness (QED) is 0.395. The number of ketones is 2. The van der Waals surface area contributed by atoms with E-state index >= 15 is 0 Å². The maximum atomic E-state index is 12.4. The molecule has 26 heavy (non-hydrogen) atoms. The first-order chi connectivity index (χ1) is 12.7. The SMILES string of the molecule is O=C1C(=Cc2nc3oc(-c4ccccc4)cc3o2)C(=O)c2ccccc21. The van der Waals surface area contributed by atoms with Crippen molar-refractivity contribution in [2.45, 2.75) is 0 Å². The van der Waals surface area contributed by atoms with Gasteiger partial charge in [-0.15, -0.1) is 0 Å². The van der Waals surface area contributed by atoms with Crippen molar-refractivity contribution in [2.24, 2.45) is 0 Å². The zero-order valence-corrected chi connectivity index (χ0v) is 13.4. The molecule has 4 aromatic rings. The lowest BCUT2D eigenvalue weighted by atomic mass is 10.1. The lowest BCUT2D eigenvalue weighted by Crippen LogP contribution is -2.00. The van der Waals surface area contributed by atoms with Gasteiger partial charge in [0, 0.05) is 28.8 Å². The summed E-state index contributed by atoms with van der Waals surface area (Å²) in [6.07, 6.45) is 1.38. The molecule has 0 N–H and O–H groups in total. The Bertz CT molecular complexity index is 1140. The van der Waals surface area contributed by atoms with Gasteiger partial charge in [0.05, 0.1) is 5.57 Å². The molecule has 5 rings (SSSR count). The van der Waals surface area contributed by atoms with Crippen LogP contribution in [-0.2, 0) is 0 Å². The van der Waals surface area contributed by atoms with Crippen LogP contribution in [0.1, 0.15) is 26.6 Å². The molecule has 2 aromatic carbocycles. The fourth-order valence-corrected chi connectivity index (χ4v) is 3.08. The summed E-state index contributed by atoms with van der Waals surface area (Å²) in [5.41, 5.74) is 2.57. The maximum absolute atomic E-state index is 12.4. The first-order valence-electron chi connectivity index (χ1n) is 8.06. The van der Waals surface area contributed by atoms with Crippen LogP contribution in [0.15, 0.2) is 75.1 Å². The predicted molar refractivity (Wildman–Crippen MR) is 94.8 cm³/mol. The molecular weight excluding hydrogens is 330 g/mol. The molecule has 2 aromatic heterocycles. The second kappa shape index (κ2) is 5.39. The van der Waals surface area contributed by atoms with Gasteiger partial charge in [-0.2, -0.15) is 4.98 Å². The highest BCUT2D eigenvalue weighted by Gasteiger charge is 2.33. The Morgan fingerprint density at radius 3 is 2.12 bits per heavy atom. The van der Waals surface area contributed by atoms with E-state index in [9.17, 15) is 9.59 Å². The summed E-state index contributed by atoms with van der Waals surface area (Å²) in [4.78, 5) is 29.1. The number of allylic oxidation sites excluding steroid dienone is 1. The standard InChI is InChI=1S/C21H11NO4/c23-19-13-8-4-5-9-14(13)20(24)15(19)10-18-22-21-17(25-18)11-16(26-21)12-6-2-1-3-7-12/h1-11H. The molecule has 1 aliphatic carbocycles. The van der Waals surface area contributed by atoms with E-state index in [4.69, 9.17) is 8.83 Å². The van der Waals surface area contributed by atoms with E-state index in [1.54, 1.807) is 30.3 Å². The van der Waals surface area contributed by atoms with E-state index in [0.29, 0.717) is 28.2 Å². The third kappa shape index (κ3) is 2.14. The predicted octanol–water partition coefficient (Wildman–Crippen LogP) is 4.55. The highest BCUT2D eigenvalue weighted by atomic mass is 16.4. The minimum Gasteiger partial charge on any atom is -0.435 e. The number of hydrogen-bond acceptors (Lipinski definition) is 5. The molecule has 1 aliphatic rings. The van der Waals surface area contributed by atoms with Crippen molar-refractivity contribution < 1.29 is 18.4 Å². The van der Waals surface area contributed by atoms with E-state index in [1.165, 1.54) is 6.08 Å². The van der Waals surface area contributed by atoms with Crippen molar-refractivity contribution in [3.63, 3.8) is 0 Å². The summed E-state index contributed by atoms with van der Waals surface area (Å²) in [6.45, 7) is 0. The number of nitrogens with zero attached hydrogens (tertiary/aromatic N) is 1. The molecule has 0 fully saturated rings. The van der Waals surface area contributed by atoms with Gasteiger partial charge in [-0.3, -0.25) is 9.59 Å². The number of Topliss-reactive ketones (excluding diaryl/α,β-unsaturated/α-hetero) is 2. The largest absolute Gasteiger partial charge is 0.435 e. The average molecular weight is 341 g/mol. The normalized spacial score (nSPS) is 13.5. The Balaban J connectivity index is 1.53. The molecule has 0 unspecified atom stereocenters. The molecular formula is C21H11NO4. The fraction of sp³-hybridized carbons (Fsp3) is 0. The van der Waals surface area contributed by atoms with Crippen molar-refractivity contribution >= 4 is 28.9 Å². The number of carbonyl (C=O) groups excluding carboxylic acids is 2. The van der Waals surface area contributed by atoms with Crippen LogP contribution in [0.3, 0.4) is 0 Å². The van der Waals surface area contributed by atoms with E-state index in [1.807, 2.05) is 30.3 Å². The maximum Gasteiger partial charge on any atom is 0.266 e. The molecule has 0 spiro atoms. The van der Waals surface area contributed by atoms with Gasteiger partial charge < -0.3 is 8.83 Å². The van der Waals surface area contributed by atoms with Crippen LogP contribution < -0.4 is 0 Å². The Morgan fingerprint density at radius 1 is 0.808 bits per heavy atom. The second-order valence-electron chi connectivity index (χ2n) is 5.96. The molecule has 0 bridgehead atoms. The van der Waals surface area contributed by atoms with Crippen LogP contribution >= 0.6 is 0 Å². The fourth-order valence-electron chi connectivity index (χ4n) is 3.08. The Morgan fingerprint density at radius 2 is 1.46 bits per heavy atom. The average Bonchev–Trinajstić information content (AvgIpc) is 3.30. The number of oxazole rings is 1. The zero-order chi connectivity index (χ0) is 17.7. The van der Waals surface area contributed by atoms with Gasteiger partial charge in [0.25, 0.3) is 5.71 Å². The summed E-state index contributed by atoms with van der Waals surface area (Å²) in [5.74, 6) is 0.185. The number of hydrogen-bond donors (Lipinski definition) is 0. The number of aromatic nitrogens is 1. The molecule has 0 radical (unpaired) electrons. The zero-order valence-electron chi connectivity index (χ0n) is 13.4. The van der Waals surface area contributed by atoms with Crippen molar-refractivity contribution in [1.82, 2.24) is 4.98 Å². The number of rotatable bonds is 2. The van der Waals surface area contributed by atoms with Gasteiger partial charge in [0.1, 0.15) is 5.76 Å². The van der Waals surface area contributed by atoms with Gasteiger partial charge in [0.2, 0.25) is 5.89 Å². The van der Waals surface area contributed by atoms with E-state index in [-0.39, 0.29) is 23.0 Å². The minimum absolute atomic E-state index is 0.0541. The summed E-state index contributed by atoms with van der Waals surface area (Å²) in [5, 5.41) is 0. The van der Waals surface area contributed by atoms with Crippen LogP contribution in [0, 0.1) is 0 Å². The lowest BCUT2D eigenvalue weighted by Gasteiger charge is -1.93. The molecule has 0 saturated heterocycles. The molecule has 0 amide bonds. The smallest absolute Gasteiger partial charge is 0.266 e. The van der Waals surface area contributed by atoms with E-state index in [0.717, 1.165) is 5.56 Å². The second-order valence-corrected chi connectivity index (χ2v) is 5.96. The van der Waals surface area contributed by atoms with Gasteiger partial charge >= 0.3 is 0 Å². The van der Waals surface area contributed by atoms with Crippen LogP contribution in [0.25, 0.3) is 28.7 Å². The Kier molecular flexibility index (Phi) is 3.03. The van der Waals surface area contributed by atoms with Gasteiger partial charge in [0.15, 0.2) is 17.1 Å². The van der Waals surface area contributed by atoms with Crippen molar-refractivity contribution in [1.29, 1.82) is 0 Å². The van der Waals surface area contributed by atoms with E-state index < -0.39 is 0 Å². The summed E-state index contributed by atoms with van der Waals surface area (Å²) < 4.78 is 11.4. The number of furan rings is 1. The topological polar surface area (TPSA) is 73.3 Å². The van der Waals surface area contributed by atoms with Gasteiger partial charge in [-0.1, -0.05) is 54.6 Å². The minimum atomic E-state index is -0.314. The number of benzene rings is 2. The van der Waals surface area contributed by atoms with Gasteiger partial charge in [-0.05, 0) is 0 Å². The van der Waals surface area contributed by atoms with Crippen LogP contribution in [-0.4, -0.2) is 16.6 Å². The summed E-state index contributed by atoms with van der Waals surface area (Å²) >= 11 is 0. The molecule has 5 heteroatoms. The van der Waals surface area contributed by atoms with Gasteiger partial charge in [-0.25, -0.2) is 0 Å². The van der Waals surface area contributed by atoms with Crippen molar-refractivity contribution in [2.75, 3.05) is 0 Å². The molecule has 0 atom stereocenters. The Hall–Kier alpha value is -3.73. The molecule has 124 valence electrons. The summed E-state index contributed by atoms with van der Waals surface area (Å²) in [7, 11) is 0. The number of carbonyl (C=O) groups is 2. The van der Waals surface area contributed by atoms with Crippen LogP contribution in [0.5, 0.6) is 0 Å². The third-order valence-electron chi connectivity index (χ3n) is 4.34. The third-order valence-corrected chi connectivity index (χ3v) is 4.34.